The van der Waals surface area contributed by atoms with Gasteiger partial charge in [0.1, 0.15) is 0 Å². The number of unbranched alkanes of at least 4 members (excludes halogenated alkanes) is 2. The number of carbonyl (C=O) groups is 2. The van der Waals surface area contributed by atoms with Gasteiger partial charge in [-0.15, -0.1) is 0 Å². The summed E-state index contributed by atoms with van der Waals surface area (Å²) in [6, 6.07) is 0. The van der Waals surface area contributed by atoms with Crippen LogP contribution in [0.5, 0.6) is 0 Å². The highest BCUT2D eigenvalue weighted by Gasteiger charge is 2.38. The Morgan fingerprint density at radius 1 is 0.731 bits per heavy atom. The highest BCUT2D eigenvalue weighted by atomic mass is 31.1. The van der Waals surface area contributed by atoms with Crippen LogP contribution in [0.2, 0.25) is 0 Å². The summed E-state index contributed by atoms with van der Waals surface area (Å²) in [7, 11) is -2.83. The van der Waals surface area contributed by atoms with Crippen molar-refractivity contribution in [2.75, 3.05) is 26.3 Å². The van der Waals surface area contributed by atoms with E-state index in [0.717, 1.165) is 0 Å². The lowest BCUT2D eigenvalue weighted by Gasteiger charge is -2.09. The predicted octanol–water partition coefficient (Wildman–Crippen LogP) is 2.33. The van der Waals surface area contributed by atoms with E-state index in [-0.39, 0.29) is 52.0 Å². The molecule has 7 nitrogen and oxygen atoms in total. The summed E-state index contributed by atoms with van der Waals surface area (Å²) in [6.45, 7) is -0.539. The molecule has 2 amide bonds. The number of halogens is 6. The summed E-state index contributed by atoms with van der Waals surface area (Å²) >= 11 is 0. The molecule has 0 fully saturated rings. The fourth-order valence-corrected chi connectivity index (χ4v) is 2.12. The Morgan fingerprint density at radius 2 is 1.08 bits per heavy atom. The monoisotopic (exact) mass is 416 g/mol. The molecule has 0 rings (SSSR count). The van der Waals surface area contributed by atoms with Crippen LogP contribution >= 0.6 is 8.25 Å². The fraction of sp³-hybridized carbons (Fsp3) is 0.833. The highest BCUT2D eigenvalue weighted by Crippen LogP contribution is 2.24. The lowest BCUT2D eigenvalue weighted by Crippen LogP contribution is -2.37. The second-order valence-electron chi connectivity index (χ2n) is 4.87. The molecule has 0 unspecified atom stereocenters. The van der Waals surface area contributed by atoms with E-state index >= 15 is 0 Å². The first-order valence-corrected chi connectivity index (χ1v) is 8.66. The molecule has 0 aliphatic heterocycles. The van der Waals surface area contributed by atoms with Gasteiger partial charge in [-0.1, -0.05) is 0 Å². The SMILES string of the molecule is O=C(NCCCCO[PH](=O)OCCCCNC(=O)C(F)(F)F)C(F)(F)F. The number of carbonyl (C=O) groups excluding carboxylic acids is 2. The van der Waals surface area contributed by atoms with Crippen molar-refractivity contribution in [3.8, 4) is 0 Å². The molecule has 0 spiro atoms. The van der Waals surface area contributed by atoms with Crippen molar-refractivity contribution in [2.24, 2.45) is 0 Å². The molecule has 2 N–H and O–H groups in total. The summed E-state index contributed by atoms with van der Waals surface area (Å²) in [5.41, 5.74) is 0. The molecule has 0 aromatic carbocycles. The van der Waals surface area contributed by atoms with Crippen molar-refractivity contribution < 1.29 is 49.5 Å². The molecule has 0 heterocycles. The smallest absolute Gasteiger partial charge is 0.348 e. The molecule has 0 aromatic heterocycles. The van der Waals surface area contributed by atoms with Gasteiger partial charge in [0.05, 0.1) is 13.2 Å². The van der Waals surface area contributed by atoms with E-state index in [4.69, 9.17) is 9.05 Å². The van der Waals surface area contributed by atoms with Gasteiger partial charge in [0.2, 0.25) is 0 Å². The zero-order valence-electron chi connectivity index (χ0n) is 13.5. The van der Waals surface area contributed by atoms with Crippen LogP contribution in [0.4, 0.5) is 26.3 Å². The third-order valence-corrected chi connectivity index (χ3v) is 3.55. The zero-order chi connectivity index (χ0) is 20.2. The topological polar surface area (TPSA) is 93.7 Å². The molecule has 0 radical (unpaired) electrons. The number of rotatable bonds is 12. The average Bonchev–Trinajstić information content (AvgIpc) is 2.51. The molecule has 0 aliphatic carbocycles. The molecular formula is C12H19F6N2O5P. The lowest BCUT2D eigenvalue weighted by atomic mass is 10.3. The van der Waals surface area contributed by atoms with Crippen LogP contribution in [0.15, 0.2) is 0 Å². The number of hydrogen-bond acceptors (Lipinski definition) is 5. The maximum atomic E-state index is 11.9. The maximum absolute atomic E-state index is 11.9. The van der Waals surface area contributed by atoms with Gasteiger partial charge in [0.15, 0.2) is 0 Å². The van der Waals surface area contributed by atoms with E-state index in [1.54, 1.807) is 10.6 Å². The van der Waals surface area contributed by atoms with Gasteiger partial charge in [0.25, 0.3) is 0 Å². The largest absolute Gasteiger partial charge is 0.471 e. The minimum Gasteiger partial charge on any atom is -0.348 e. The molecule has 0 atom stereocenters. The van der Waals surface area contributed by atoms with E-state index in [9.17, 15) is 40.5 Å². The number of amides is 2. The zero-order valence-corrected chi connectivity index (χ0v) is 14.5. The third-order valence-electron chi connectivity index (χ3n) is 2.67. The van der Waals surface area contributed by atoms with Crippen molar-refractivity contribution in [1.29, 1.82) is 0 Å². The summed E-state index contributed by atoms with van der Waals surface area (Å²) in [5.74, 6) is -4.08. The first-order chi connectivity index (χ1) is 11.9. The van der Waals surface area contributed by atoms with Gasteiger partial charge in [-0.05, 0) is 25.7 Å². The van der Waals surface area contributed by atoms with Gasteiger partial charge in [-0.25, -0.2) is 0 Å². The molecule has 0 saturated heterocycles. The van der Waals surface area contributed by atoms with Crippen molar-refractivity contribution in [3.63, 3.8) is 0 Å². The Balaban J connectivity index is 3.51. The summed E-state index contributed by atoms with van der Waals surface area (Å²) in [5, 5.41) is 3.32. The third kappa shape index (κ3) is 13.0. The number of hydrogen-bond donors (Lipinski definition) is 2. The molecule has 0 bridgehead atoms. The van der Waals surface area contributed by atoms with Crippen LogP contribution in [0, 0.1) is 0 Å². The lowest BCUT2D eigenvalue weighted by molar-refractivity contribution is -0.173. The molecular weight excluding hydrogens is 397 g/mol. The van der Waals surface area contributed by atoms with Crippen LogP contribution in [0.25, 0.3) is 0 Å². The van der Waals surface area contributed by atoms with Crippen molar-refractivity contribution in [1.82, 2.24) is 10.6 Å². The van der Waals surface area contributed by atoms with Gasteiger partial charge in [-0.3, -0.25) is 14.2 Å². The first-order valence-electron chi connectivity index (χ1n) is 7.44. The summed E-state index contributed by atoms with van der Waals surface area (Å²) < 4.78 is 92.0. The Kier molecular flexibility index (Phi) is 11.5. The molecule has 14 heteroatoms. The van der Waals surface area contributed by atoms with Gasteiger partial charge in [0, 0.05) is 13.1 Å². The van der Waals surface area contributed by atoms with Crippen LogP contribution in [-0.2, 0) is 23.2 Å². The van der Waals surface area contributed by atoms with Crippen LogP contribution in [0.1, 0.15) is 25.7 Å². The molecule has 0 aromatic rings. The molecule has 26 heavy (non-hydrogen) atoms. The van der Waals surface area contributed by atoms with E-state index < -0.39 is 32.4 Å². The predicted molar refractivity (Wildman–Crippen MR) is 77.5 cm³/mol. The van der Waals surface area contributed by atoms with Crippen molar-refractivity contribution in [3.05, 3.63) is 0 Å². The average molecular weight is 416 g/mol. The number of nitrogens with one attached hydrogen (secondary N) is 2. The van der Waals surface area contributed by atoms with Crippen molar-refractivity contribution >= 4 is 20.1 Å². The minimum atomic E-state index is -4.94. The van der Waals surface area contributed by atoms with E-state index in [2.05, 4.69) is 0 Å². The second-order valence-corrected chi connectivity index (χ2v) is 5.95. The summed E-state index contributed by atoms with van der Waals surface area (Å²) in [4.78, 5) is 20.9. The molecule has 0 saturated carbocycles. The molecule has 0 aliphatic rings. The van der Waals surface area contributed by atoms with Crippen LogP contribution in [0.3, 0.4) is 0 Å². The van der Waals surface area contributed by atoms with Gasteiger partial charge in [-0.2, -0.15) is 26.3 Å². The standard InChI is InChI=1S/C12H19F6N2O5P/c13-11(14,15)9(21)19-5-1-3-7-24-26(23)25-8-4-2-6-20-10(22)12(16,17)18/h26H,1-8H2,(H,19,21)(H,20,22). The Bertz CT molecular complexity index is 432. The maximum Gasteiger partial charge on any atom is 0.471 e. The van der Waals surface area contributed by atoms with E-state index in [1.807, 2.05) is 0 Å². The van der Waals surface area contributed by atoms with Crippen LogP contribution < -0.4 is 10.6 Å². The fourth-order valence-electron chi connectivity index (χ4n) is 1.41. The highest BCUT2D eigenvalue weighted by molar-refractivity contribution is 7.33. The van der Waals surface area contributed by atoms with E-state index in [1.165, 1.54) is 0 Å². The van der Waals surface area contributed by atoms with Crippen molar-refractivity contribution in [2.45, 2.75) is 38.0 Å². The minimum absolute atomic E-state index is 0.0542. The van der Waals surface area contributed by atoms with Crippen LogP contribution in [-0.4, -0.2) is 50.5 Å². The Morgan fingerprint density at radius 3 is 1.38 bits per heavy atom. The van der Waals surface area contributed by atoms with Gasteiger partial charge < -0.3 is 19.7 Å². The van der Waals surface area contributed by atoms with E-state index in [0.29, 0.717) is 0 Å². The Hall–Kier alpha value is -1.33. The summed E-state index contributed by atoms with van der Waals surface area (Å²) in [6.07, 6.45) is -9.05. The first kappa shape index (κ1) is 24.7. The quantitative estimate of drug-likeness (QED) is 0.289. The Labute approximate surface area is 145 Å². The molecule has 154 valence electrons. The normalized spacial score (nSPS) is 12.3. The van der Waals surface area contributed by atoms with Gasteiger partial charge >= 0.3 is 32.4 Å². The number of alkyl halides is 6. The second kappa shape index (κ2) is 12.1.